The van der Waals surface area contributed by atoms with E-state index >= 15 is 0 Å². The number of benzene rings is 1. The van der Waals surface area contributed by atoms with Gasteiger partial charge in [0.05, 0.1) is 10.8 Å². The number of hydrogen-bond acceptors (Lipinski definition) is 5. The van der Waals surface area contributed by atoms with E-state index in [0.717, 1.165) is 22.3 Å². The Kier molecular flexibility index (Phi) is 8.41. The SMILES string of the molecule is CN=C(NCCc1nc(C(F)(F)F)cs1)NCCS(=O)(=O)NCc1ccccc1. The number of sulfonamides is 1. The number of alkyl halides is 3. The molecule has 0 radical (unpaired) electrons. The topological polar surface area (TPSA) is 95.5 Å². The minimum Gasteiger partial charge on any atom is -0.356 e. The third-order valence-corrected chi connectivity index (χ3v) is 5.93. The van der Waals surface area contributed by atoms with Crippen LogP contribution in [0.25, 0.3) is 0 Å². The second-order valence-electron chi connectivity index (χ2n) is 5.93. The van der Waals surface area contributed by atoms with Crippen LogP contribution in [0, 0.1) is 0 Å². The molecule has 0 aliphatic carbocycles. The summed E-state index contributed by atoms with van der Waals surface area (Å²) in [5, 5.41) is 7.12. The first-order chi connectivity index (χ1) is 13.7. The maximum absolute atomic E-state index is 12.5. The molecular formula is C17H22F3N5O2S2. The molecule has 1 aromatic carbocycles. The molecule has 0 fully saturated rings. The van der Waals surface area contributed by atoms with Crippen molar-refractivity contribution in [3.63, 3.8) is 0 Å². The summed E-state index contributed by atoms with van der Waals surface area (Å²) < 4.78 is 64.2. The van der Waals surface area contributed by atoms with Crippen molar-refractivity contribution >= 4 is 27.3 Å². The van der Waals surface area contributed by atoms with Crippen molar-refractivity contribution in [1.82, 2.24) is 20.3 Å². The summed E-state index contributed by atoms with van der Waals surface area (Å²) in [6, 6.07) is 9.16. The fraction of sp³-hybridized carbons (Fsp3) is 0.412. The lowest BCUT2D eigenvalue weighted by molar-refractivity contribution is -0.140. The summed E-state index contributed by atoms with van der Waals surface area (Å²) >= 11 is 0.942. The number of nitrogens with zero attached hydrogens (tertiary/aromatic N) is 2. The summed E-state index contributed by atoms with van der Waals surface area (Å²) in [6.07, 6.45) is -4.15. The van der Waals surface area contributed by atoms with E-state index in [1.807, 2.05) is 30.3 Å². The zero-order valence-electron chi connectivity index (χ0n) is 15.7. The highest BCUT2D eigenvalue weighted by atomic mass is 32.2. The van der Waals surface area contributed by atoms with E-state index in [-0.39, 0.29) is 18.8 Å². The van der Waals surface area contributed by atoms with Crippen LogP contribution in [0.2, 0.25) is 0 Å². The number of thiazole rings is 1. The molecule has 7 nitrogen and oxygen atoms in total. The molecule has 0 unspecified atom stereocenters. The van der Waals surface area contributed by atoms with Gasteiger partial charge in [-0.15, -0.1) is 11.3 Å². The van der Waals surface area contributed by atoms with E-state index < -0.39 is 21.9 Å². The molecule has 29 heavy (non-hydrogen) atoms. The van der Waals surface area contributed by atoms with Crippen molar-refractivity contribution in [2.24, 2.45) is 4.99 Å². The molecule has 0 saturated carbocycles. The number of rotatable bonds is 9. The molecule has 1 aromatic heterocycles. The van der Waals surface area contributed by atoms with Crippen LogP contribution >= 0.6 is 11.3 Å². The third kappa shape index (κ3) is 8.38. The van der Waals surface area contributed by atoms with Crippen molar-refractivity contribution in [2.45, 2.75) is 19.1 Å². The average Bonchev–Trinajstić information content (AvgIpc) is 3.15. The monoisotopic (exact) mass is 449 g/mol. The summed E-state index contributed by atoms with van der Waals surface area (Å²) in [5.74, 6) is 0.206. The van der Waals surface area contributed by atoms with E-state index in [9.17, 15) is 21.6 Å². The van der Waals surface area contributed by atoms with Crippen molar-refractivity contribution < 1.29 is 21.6 Å². The van der Waals surface area contributed by atoms with Gasteiger partial charge < -0.3 is 10.6 Å². The minimum absolute atomic E-state index is 0.124. The van der Waals surface area contributed by atoms with Gasteiger partial charge in [-0.1, -0.05) is 30.3 Å². The number of aromatic nitrogens is 1. The molecule has 0 amide bonds. The smallest absolute Gasteiger partial charge is 0.356 e. The van der Waals surface area contributed by atoms with Crippen molar-refractivity contribution in [1.29, 1.82) is 0 Å². The minimum atomic E-state index is -4.44. The Morgan fingerprint density at radius 1 is 1.17 bits per heavy atom. The van der Waals surface area contributed by atoms with E-state index in [1.54, 1.807) is 0 Å². The first-order valence-electron chi connectivity index (χ1n) is 8.67. The van der Waals surface area contributed by atoms with E-state index in [1.165, 1.54) is 7.05 Å². The van der Waals surface area contributed by atoms with Crippen LogP contribution in [0.1, 0.15) is 16.3 Å². The van der Waals surface area contributed by atoms with Crippen LogP contribution < -0.4 is 15.4 Å². The predicted molar refractivity (Wildman–Crippen MR) is 107 cm³/mol. The summed E-state index contributed by atoms with van der Waals surface area (Å²) in [6.45, 7) is 0.645. The normalized spacial score (nSPS) is 12.8. The fourth-order valence-corrected chi connectivity index (χ4v) is 3.94. The highest BCUT2D eigenvalue weighted by Crippen LogP contribution is 2.29. The first kappa shape index (κ1) is 23.1. The average molecular weight is 450 g/mol. The molecule has 0 saturated heterocycles. The van der Waals surface area contributed by atoms with Crippen LogP contribution in [0.4, 0.5) is 13.2 Å². The van der Waals surface area contributed by atoms with E-state index in [4.69, 9.17) is 0 Å². The molecule has 0 bridgehead atoms. The van der Waals surface area contributed by atoms with Gasteiger partial charge in [0, 0.05) is 38.5 Å². The lowest BCUT2D eigenvalue weighted by Crippen LogP contribution is -2.41. The van der Waals surface area contributed by atoms with Gasteiger partial charge in [0.25, 0.3) is 0 Å². The Morgan fingerprint density at radius 3 is 2.48 bits per heavy atom. The number of nitrogens with one attached hydrogen (secondary N) is 3. The number of guanidine groups is 1. The zero-order valence-corrected chi connectivity index (χ0v) is 17.3. The molecule has 0 atom stereocenters. The standard InChI is InChI=1S/C17H22F3N5O2S2/c1-21-16(22-8-7-15-25-14(12-28-15)17(18,19)20)23-9-10-29(26,27)24-11-13-5-3-2-4-6-13/h2-6,12,24H,7-11H2,1H3,(H2,21,22,23). The molecule has 2 aromatic rings. The highest BCUT2D eigenvalue weighted by molar-refractivity contribution is 7.89. The number of halogens is 3. The van der Waals surface area contributed by atoms with Crippen LogP contribution in [0.3, 0.4) is 0 Å². The van der Waals surface area contributed by atoms with Gasteiger partial charge >= 0.3 is 6.18 Å². The van der Waals surface area contributed by atoms with Crippen molar-refractivity contribution in [3.05, 3.63) is 52.0 Å². The lowest BCUT2D eigenvalue weighted by Gasteiger charge is -2.12. The van der Waals surface area contributed by atoms with Crippen LogP contribution in [-0.2, 0) is 29.2 Å². The highest BCUT2D eigenvalue weighted by Gasteiger charge is 2.33. The quantitative estimate of drug-likeness (QED) is 0.402. The lowest BCUT2D eigenvalue weighted by atomic mass is 10.2. The second kappa shape index (κ2) is 10.6. The van der Waals surface area contributed by atoms with E-state index in [0.29, 0.717) is 23.9 Å². The van der Waals surface area contributed by atoms with E-state index in [2.05, 4.69) is 25.3 Å². The molecule has 12 heteroatoms. The van der Waals surface area contributed by atoms with Gasteiger partial charge in [-0.25, -0.2) is 18.1 Å². The molecule has 0 aliphatic heterocycles. The molecule has 2 rings (SSSR count). The Hall–Kier alpha value is -2.18. The van der Waals surface area contributed by atoms with Gasteiger partial charge in [-0.2, -0.15) is 13.2 Å². The maximum atomic E-state index is 12.5. The summed E-state index contributed by atoms with van der Waals surface area (Å²) in [5.41, 5.74) is -0.0365. The first-order valence-corrected chi connectivity index (χ1v) is 11.2. The molecule has 0 spiro atoms. The number of aliphatic imine (C=N–C) groups is 1. The van der Waals surface area contributed by atoms with Crippen molar-refractivity contribution in [2.75, 3.05) is 25.9 Å². The van der Waals surface area contributed by atoms with Gasteiger partial charge in [0.1, 0.15) is 0 Å². The Balaban J connectivity index is 1.69. The molecule has 0 aliphatic rings. The van der Waals surface area contributed by atoms with Gasteiger partial charge in [0.15, 0.2) is 11.7 Å². The Morgan fingerprint density at radius 2 is 1.86 bits per heavy atom. The van der Waals surface area contributed by atoms with Crippen LogP contribution in [0.15, 0.2) is 40.7 Å². The van der Waals surface area contributed by atoms with Gasteiger partial charge in [0.2, 0.25) is 10.0 Å². The third-order valence-electron chi connectivity index (χ3n) is 3.70. The van der Waals surface area contributed by atoms with Gasteiger partial charge in [-0.05, 0) is 5.56 Å². The molecular weight excluding hydrogens is 427 g/mol. The maximum Gasteiger partial charge on any atom is 0.434 e. The number of hydrogen-bond donors (Lipinski definition) is 3. The van der Waals surface area contributed by atoms with Crippen molar-refractivity contribution in [3.8, 4) is 0 Å². The second-order valence-corrected chi connectivity index (χ2v) is 8.79. The predicted octanol–water partition coefficient (Wildman–Crippen LogP) is 1.99. The zero-order chi connectivity index (χ0) is 21.3. The van der Waals surface area contributed by atoms with Crippen LogP contribution in [-0.4, -0.2) is 45.3 Å². The summed E-state index contributed by atoms with van der Waals surface area (Å²) in [4.78, 5) is 7.51. The van der Waals surface area contributed by atoms with Gasteiger partial charge in [-0.3, -0.25) is 4.99 Å². The summed E-state index contributed by atoms with van der Waals surface area (Å²) in [7, 11) is -1.95. The Bertz CT molecular complexity index is 899. The molecule has 3 N–H and O–H groups in total. The van der Waals surface area contributed by atoms with Crippen LogP contribution in [0.5, 0.6) is 0 Å². The largest absolute Gasteiger partial charge is 0.434 e. The molecule has 1 heterocycles. The molecule has 160 valence electrons. The fourth-order valence-electron chi connectivity index (χ4n) is 2.23. The Labute approximate surface area is 171 Å².